The smallest absolute Gasteiger partial charge is 0.160 e. The lowest BCUT2D eigenvalue weighted by molar-refractivity contribution is 0.628. The van der Waals surface area contributed by atoms with E-state index in [9.17, 15) is 4.39 Å². The Bertz CT molecular complexity index is 563. The summed E-state index contributed by atoms with van der Waals surface area (Å²) < 4.78 is 14.5. The Labute approximate surface area is 135 Å². The molecule has 0 bridgehead atoms. The normalized spacial score (nSPS) is 12.3. The van der Waals surface area contributed by atoms with Crippen LogP contribution in [0.4, 0.5) is 10.1 Å². The average molecular weight is 410 g/mol. The first-order valence-corrected chi connectivity index (χ1v) is 7.47. The average Bonchev–Trinajstić information content (AvgIpc) is 2.36. The molecule has 1 atom stereocenters. The van der Waals surface area contributed by atoms with E-state index in [2.05, 4.69) is 27.9 Å². The predicted molar refractivity (Wildman–Crippen MR) is 87.6 cm³/mol. The van der Waals surface area contributed by atoms with Crippen molar-refractivity contribution in [3.05, 3.63) is 61.4 Å². The van der Waals surface area contributed by atoms with E-state index in [-0.39, 0.29) is 16.1 Å². The first kappa shape index (κ1) is 14.9. The van der Waals surface area contributed by atoms with Crippen molar-refractivity contribution in [2.45, 2.75) is 13.0 Å². The summed E-state index contributed by atoms with van der Waals surface area (Å²) in [6.45, 7) is 2.02. The molecule has 0 saturated heterocycles. The molecule has 0 spiro atoms. The fraction of sp³-hybridized carbons (Fsp3) is 0.143. The molecular weight excluding hydrogens is 399 g/mol. The molecule has 1 nitrogen and oxygen atoms in total. The molecule has 0 radical (unpaired) electrons. The summed E-state index contributed by atoms with van der Waals surface area (Å²) in [4.78, 5) is 0. The lowest BCUT2D eigenvalue weighted by Gasteiger charge is -2.16. The molecule has 0 saturated carbocycles. The maximum absolute atomic E-state index is 13.3. The van der Waals surface area contributed by atoms with Gasteiger partial charge in [0.25, 0.3) is 0 Å². The molecule has 5 heteroatoms. The minimum Gasteiger partial charge on any atom is -0.378 e. The molecule has 2 aromatic rings. The molecule has 2 rings (SSSR count). The van der Waals surface area contributed by atoms with Crippen LogP contribution in [0.1, 0.15) is 18.5 Å². The highest BCUT2D eigenvalue weighted by atomic mass is 127. The molecule has 19 heavy (non-hydrogen) atoms. The van der Waals surface area contributed by atoms with Crippen LogP contribution in [0.2, 0.25) is 10.0 Å². The second kappa shape index (κ2) is 6.29. The van der Waals surface area contributed by atoms with Crippen molar-refractivity contribution in [3.63, 3.8) is 0 Å². The Hall–Kier alpha value is -0.520. The third kappa shape index (κ3) is 3.74. The summed E-state index contributed by atoms with van der Waals surface area (Å²) in [6, 6.07) is 11.3. The number of halogens is 4. The lowest BCUT2D eigenvalue weighted by Crippen LogP contribution is -2.06. The van der Waals surface area contributed by atoms with Gasteiger partial charge in [0.2, 0.25) is 0 Å². The van der Waals surface area contributed by atoms with E-state index in [1.165, 1.54) is 15.7 Å². The van der Waals surface area contributed by atoms with Gasteiger partial charge in [0, 0.05) is 15.3 Å². The molecule has 0 heterocycles. The van der Waals surface area contributed by atoms with Crippen molar-refractivity contribution in [2.24, 2.45) is 0 Å². The number of rotatable bonds is 3. The van der Waals surface area contributed by atoms with Gasteiger partial charge in [-0.15, -0.1) is 0 Å². The third-order valence-corrected chi connectivity index (χ3v) is 4.01. The quantitative estimate of drug-likeness (QED) is 0.490. The maximum Gasteiger partial charge on any atom is 0.160 e. The van der Waals surface area contributed by atoms with Gasteiger partial charge in [0.05, 0.1) is 10.0 Å². The molecule has 0 amide bonds. The monoisotopic (exact) mass is 409 g/mol. The van der Waals surface area contributed by atoms with Crippen LogP contribution >= 0.6 is 45.8 Å². The van der Waals surface area contributed by atoms with Gasteiger partial charge in [-0.25, -0.2) is 4.39 Å². The van der Waals surface area contributed by atoms with Crippen molar-refractivity contribution in [1.82, 2.24) is 0 Å². The van der Waals surface area contributed by atoms with E-state index < -0.39 is 5.82 Å². The fourth-order valence-electron chi connectivity index (χ4n) is 1.72. The second-order valence-electron chi connectivity index (χ2n) is 4.17. The molecule has 0 aliphatic rings. The summed E-state index contributed by atoms with van der Waals surface area (Å²) in [7, 11) is 0. The fourth-order valence-corrected chi connectivity index (χ4v) is 2.57. The molecule has 0 aromatic heterocycles. The molecule has 100 valence electrons. The van der Waals surface area contributed by atoms with E-state index in [1.54, 1.807) is 0 Å². The van der Waals surface area contributed by atoms with Gasteiger partial charge in [0.15, 0.2) is 5.82 Å². The minimum absolute atomic E-state index is 0.0183. The van der Waals surface area contributed by atoms with Gasteiger partial charge >= 0.3 is 0 Å². The number of benzene rings is 2. The van der Waals surface area contributed by atoms with Crippen LogP contribution in [0.5, 0.6) is 0 Å². The third-order valence-electron chi connectivity index (χ3n) is 2.74. The number of hydrogen-bond acceptors (Lipinski definition) is 1. The van der Waals surface area contributed by atoms with Gasteiger partial charge in [0.1, 0.15) is 0 Å². The van der Waals surface area contributed by atoms with E-state index in [4.69, 9.17) is 23.2 Å². The summed E-state index contributed by atoms with van der Waals surface area (Å²) in [5, 5.41) is 3.29. The van der Waals surface area contributed by atoms with Gasteiger partial charge in [-0.2, -0.15) is 0 Å². The first-order chi connectivity index (χ1) is 8.97. The number of nitrogens with one attached hydrogen (secondary N) is 1. The topological polar surface area (TPSA) is 12.0 Å². The van der Waals surface area contributed by atoms with E-state index in [0.717, 1.165) is 5.56 Å². The first-order valence-electron chi connectivity index (χ1n) is 5.64. The predicted octanol–water partition coefficient (Wildman–Crippen LogP) is 5.91. The molecule has 0 aliphatic carbocycles. The van der Waals surface area contributed by atoms with Crippen LogP contribution in [0.3, 0.4) is 0 Å². The van der Waals surface area contributed by atoms with Gasteiger partial charge < -0.3 is 5.32 Å². The summed E-state index contributed by atoms with van der Waals surface area (Å²) in [5.74, 6) is -0.587. The molecular formula is C14H11Cl2FIN. The zero-order chi connectivity index (χ0) is 14.0. The van der Waals surface area contributed by atoms with Crippen LogP contribution < -0.4 is 5.32 Å². The van der Waals surface area contributed by atoms with Crippen LogP contribution in [0.15, 0.2) is 36.4 Å². The zero-order valence-corrected chi connectivity index (χ0v) is 13.7. The van der Waals surface area contributed by atoms with E-state index in [1.807, 2.05) is 31.2 Å². The molecule has 0 fully saturated rings. The standard InChI is InChI=1S/C14H11Cl2FIN/c1-8(9-2-4-10(18)5-3-9)19-11-6-12(15)14(17)13(16)7-11/h2-8,19H,1H3. The number of hydrogen-bond donors (Lipinski definition) is 1. The largest absolute Gasteiger partial charge is 0.378 e. The van der Waals surface area contributed by atoms with Crippen LogP contribution in [-0.2, 0) is 0 Å². The Morgan fingerprint density at radius 2 is 1.63 bits per heavy atom. The van der Waals surface area contributed by atoms with E-state index >= 15 is 0 Å². The molecule has 1 unspecified atom stereocenters. The Morgan fingerprint density at radius 1 is 1.11 bits per heavy atom. The highest BCUT2D eigenvalue weighted by molar-refractivity contribution is 14.1. The van der Waals surface area contributed by atoms with Gasteiger partial charge in [-0.1, -0.05) is 35.3 Å². The second-order valence-corrected chi connectivity index (χ2v) is 6.23. The van der Waals surface area contributed by atoms with Crippen molar-refractivity contribution >= 4 is 51.5 Å². The molecule has 0 aliphatic heterocycles. The Balaban J connectivity index is 2.19. The van der Waals surface area contributed by atoms with Crippen LogP contribution in [0.25, 0.3) is 0 Å². The highest BCUT2D eigenvalue weighted by Crippen LogP contribution is 2.29. The summed E-state index contributed by atoms with van der Waals surface area (Å²) in [5.41, 5.74) is 1.83. The molecule has 1 N–H and O–H groups in total. The van der Waals surface area contributed by atoms with Crippen LogP contribution in [-0.4, -0.2) is 0 Å². The minimum atomic E-state index is -0.587. The maximum atomic E-state index is 13.3. The Kier molecular flexibility index (Phi) is 4.92. The van der Waals surface area contributed by atoms with Crippen molar-refractivity contribution in [1.29, 1.82) is 0 Å². The zero-order valence-electron chi connectivity index (χ0n) is 10.1. The van der Waals surface area contributed by atoms with Crippen molar-refractivity contribution in [3.8, 4) is 0 Å². The number of anilines is 1. The van der Waals surface area contributed by atoms with Crippen molar-refractivity contribution in [2.75, 3.05) is 5.32 Å². The SMILES string of the molecule is CC(Nc1cc(Cl)c(F)c(Cl)c1)c1ccc(I)cc1. The van der Waals surface area contributed by atoms with Gasteiger partial charge in [-0.3, -0.25) is 0 Å². The van der Waals surface area contributed by atoms with Gasteiger partial charge in [-0.05, 0) is 59.3 Å². The van der Waals surface area contributed by atoms with Crippen molar-refractivity contribution < 1.29 is 4.39 Å². The highest BCUT2D eigenvalue weighted by Gasteiger charge is 2.10. The summed E-state index contributed by atoms with van der Waals surface area (Å²) in [6.07, 6.45) is 0. The Morgan fingerprint density at radius 3 is 2.16 bits per heavy atom. The van der Waals surface area contributed by atoms with E-state index in [0.29, 0.717) is 5.69 Å². The van der Waals surface area contributed by atoms with Crippen LogP contribution in [0, 0.1) is 9.39 Å². The summed E-state index contributed by atoms with van der Waals surface area (Å²) >= 11 is 13.8. The molecule has 2 aromatic carbocycles. The lowest BCUT2D eigenvalue weighted by atomic mass is 10.1.